The molecule has 4 rings (SSSR count). The Morgan fingerprint density at radius 3 is 2.77 bits per heavy atom. The minimum absolute atomic E-state index is 0.242. The van der Waals surface area contributed by atoms with Gasteiger partial charge in [0.05, 0.1) is 12.8 Å². The third-order valence-electron chi connectivity index (χ3n) is 4.98. The van der Waals surface area contributed by atoms with Crippen LogP contribution in [0.15, 0.2) is 48.5 Å². The summed E-state index contributed by atoms with van der Waals surface area (Å²) in [6, 6.07) is 14.7. The highest BCUT2D eigenvalue weighted by molar-refractivity contribution is 6.08. The number of hydrogen-bond donors (Lipinski definition) is 2. The molecule has 26 heavy (non-hydrogen) atoms. The van der Waals surface area contributed by atoms with Gasteiger partial charge < -0.3 is 20.1 Å². The van der Waals surface area contributed by atoms with Crippen LogP contribution in [0, 0.1) is 5.92 Å². The number of anilines is 1. The van der Waals surface area contributed by atoms with Crippen LogP contribution in [-0.4, -0.2) is 24.6 Å². The molecule has 2 amide bonds. The molecule has 0 aliphatic carbocycles. The van der Waals surface area contributed by atoms with Crippen molar-refractivity contribution in [3.63, 3.8) is 0 Å². The van der Waals surface area contributed by atoms with Gasteiger partial charge in [-0.25, -0.2) is 0 Å². The molecule has 3 atom stereocenters. The molecule has 6 nitrogen and oxygen atoms in total. The zero-order valence-electron chi connectivity index (χ0n) is 14.6. The molecule has 2 bridgehead atoms. The number of nitrogens with one attached hydrogen (secondary N) is 2. The fourth-order valence-corrected chi connectivity index (χ4v) is 3.85. The molecule has 0 spiro atoms. The van der Waals surface area contributed by atoms with E-state index in [-0.39, 0.29) is 17.7 Å². The summed E-state index contributed by atoms with van der Waals surface area (Å²) in [4.78, 5) is 25.7. The number of carbonyl (C=O) groups excluding carboxylic acids is 2. The largest absolute Gasteiger partial charge is 0.495 e. The van der Waals surface area contributed by atoms with E-state index < -0.39 is 11.6 Å². The quantitative estimate of drug-likeness (QED) is 0.833. The number of ether oxygens (including phenoxy) is 2. The summed E-state index contributed by atoms with van der Waals surface area (Å²) in [6.07, 6.45) is 0.541. The number of benzene rings is 2. The summed E-state index contributed by atoms with van der Waals surface area (Å²) >= 11 is 0. The summed E-state index contributed by atoms with van der Waals surface area (Å²) in [5, 5.41) is 5.70. The Labute approximate surface area is 151 Å². The summed E-state index contributed by atoms with van der Waals surface area (Å²) in [5.41, 5.74) is 0.638. The topological polar surface area (TPSA) is 76.7 Å². The number of para-hydroxylation sites is 3. The number of piperidine rings is 1. The molecule has 2 aliphatic heterocycles. The normalized spacial score (nSPS) is 26.2. The van der Waals surface area contributed by atoms with Crippen LogP contribution >= 0.6 is 0 Å². The van der Waals surface area contributed by atoms with Crippen LogP contribution in [-0.2, 0) is 9.59 Å². The van der Waals surface area contributed by atoms with Gasteiger partial charge in [0.2, 0.25) is 11.8 Å². The number of fused-ring (bicyclic) bond motifs is 4. The maximum atomic E-state index is 13.0. The van der Waals surface area contributed by atoms with Crippen LogP contribution in [0.1, 0.15) is 24.8 Å². The molecule has 2 heterocycles. The molecule has 134 valence electrons. The van der Waals surface area contributed by atoms with Gasteiger partial charge in [0.1, 0.15) is 17.4 Å². The van der Waals surface area contributed by atoms with Crippen molar-refractivity contribution in [3.05, 3.63) is 54.1 Å². The van der Waals surface area contributed by atoms with Crippen molar-refractivity contribution in [3.8, 4) is 11.5 Å². The van der Waals surface area contributed by atoms with Crippen LogP contribution < -0.4 is 20.1 Å². The van der Waals surface area contributed by atoms with E-state index in [4.69, 9.17) is 9.47 Å². The molecule has 1 saturated heterocycles. The molecule has 0 radical (unpaired) electrons. The van der Waals surface area contributed by atoms with E-state index in [2.05, 4.69) is 10.6 Å². The Hall–Kier alpha value is -3.02. The predicted molar refractivity (Wildman–Crippen MR) is 96.1 cm³/mol. The van der Waals surface area contributed by atoms with Crippen molar-refractivity contribution in [2.24, 2.45) is 5.92 Å². The van der Waals surface area contributed by atoms with E-state index in [1.54, 1.807) is 25.3 Å². The van der Waals surface area contributed by atoms with Gasteiger partial charge in [-0.3, -0.25) is 9.59 Å². The van der Waals surface area contributed by atoms with Crippen molar-refractivity contribution in [1.82, 2.24) is 5.32 Å². The maximum Gasteiger partial charge on any atom is 0.237 e. The lowest BCUT2D eigenvalue weighted by molar-refractivity contribution is -0.145. The van der Waals surface area contributed by atoms with Gasteiger partial charge in [0.15, 0.2) is 5.72 Å². The highest BCUT2D eigenvalue weighted by Gasteiger charge is 2.51. The molecular weight excluding hydrogens is 332 g/mol. The van der Waals surface area contributed by atoms with Crippen LogP contribution in [0.5, 0.6) is 11.5 Å². The van der Waals surface area contributed by atoms with Crippen molar-refractivity contribution in [2.45, 2.75) is 25.0 Å². The lowest BCUT2D eigenvalue weighted by Gasteiger charge is -2.46. The van der Waals surface area contributed by atoms with Gasteiger partial charge in [-0.1, -0.05) is 30.3 Å². The molecule has 2 aromatic carbocycles. The lowest BCUT2D eigenvalue weighted by Crippen LogP contribution is -2.62. The van der Waals surface area contributed by atoms with Crippen LogP contribution in [0.3, 0.4) is 0 Å². The molecule has 0 saturated carbocycles. The zero-order valence-corrected chi connectivity index (χ0v) is 14.6. The lowest BCUT2D eigenvalue weighted by atomic mass is 9.74. The second-order valence-electron chi connectivity index (χ2n) is 6.84. The monoisotopic (exact) mass is 352 g/mol. The highest BCUT2D eigenvalue weighted by Crippen LogP contribution is 2.46. The number of carbonyl (C=O) groups is 2. The Morgan fingerprint density at radius 2 is 1.96 bits per heavy atom. The summed E-state index contributed by atoms with van der Waals surface area (Å²) in [7, 11) is 1.54. The average Bonchev–Trinajstić information content (AvgIpc) is 2.61. The molecule has 0 unspecified atom stereocenters. The Bertz CT molecular complexity index is 882. The first-order valence-electron chi connectivity index (χ1n) is 8.54. The standard InChI is InChI=1S/C20H20N2O4/c1-20-11-13(12-7-3-5-9-15(12)26-20)17(19(24)22-20)18(23)21-14-8-4-6-10-16(14)25-2/h3-10,13,17H,11H2,1-2H3,(H,21,23)(H,22,24)/t13-,17+,20+/m0/s1. The predicted octanol–water partition coefficient (Wildman–Crippen LogP) is 2.66. The highest BCUT2D eigenvalue weighted by atomic mass is 16.5. The smallest absolute Gasteiger partial charge is 0.237 e. The van der Waals surface area contributed by atoms with E-state index >= 15 is 0 Å². The Balaban J connectivity index is 1.68. The number of rotatable bonds is 3. The fourth-order valence-electron chi connectivity index (χ4n) is 3.85. The van der Waals surface area contributed by atoms with E-state index in [1.807, 2.05) is 37.3 Å². The minimum Gasteiger partial charge on any atom is -0.495 e. The van der Waals surface area contributed by atoms with Crippen molar-refractivity contribution in [2.75, 3.05) is 12.4 Å². The Kier molecular flexibility index (Phi) is 3.83. The number of hydrogen-bond acceptors (Lipinski definition) is 4. The third kappa shape index (κ3) is 2.67. The molecular formula is C20H20N2O4. The summed E-state index contributed by atoms with van der Waals surface area (Å²) < 4.78 is 11.2. The second kappa shape index (κ2) is 6.05. The van der Waals surface area contributed by atoms with Crippen molar-refractivity contribution < 1.29 is 19.1 Å². The molecule has 2 N–H and O–H groups in total. The Morgan fingerprint density at radius 1 is 1.23 bits per heavy atom. The van der Waals surface area contributed by atoms with Gasteiger partial charge in [-0.2, -0.15) is 0 Å². The SMILES string of the molecule is COc1ccccc1NC(=O)[C@@H]1C(=O)N[C@@]2(C)C[C@H]1c1ccccc1O2. The maximum absolute atomic E-state index is 13.0. The van der Waals surface area contributed by atoms with Gasteiger partial charge in [-0.05, 0) is 30.7 Å². The van der Waals surface area contributed by atoms with E-state index in [1.165, 1.54) is 0 Å². The van der Waals surface area contributed by atoms with E-state index in [9.17, 15) is 9.59 Å². The first kappa shape index (κ1) is 16.4. The van der Waals surface area contributed by atoms with Crippen LogP contribution in [0.2, 0.25) is 0 Å². The molecule has 1 fully saturated rings. The van der Waals surface area contributed by atoms with Gasteiger partial charge in [0, 0.05) is 12.3 Å². The number of amides is 2. The molecule has 0 aromatic heterocycles. The van der Waals surface area contributed by atoms with Gasteiger partial charge in [-0.15, -0.1) is 0 Å². The first-order valence-corrected chi connectivity index (χ1v) is 8.54. The molecule has 6 heteroatoms. The fraction of sp³-hybridized carbons (Fsp3) is 0.300. The second-order valence-corrected chi connectivity index (χ2v) is 6.84. The third-order valence-corrected chi connectivity index (χ3v) is 4.98. The van der Waals surface area contributed by atoms with Crippen molar-refractivity contribution in [1.29, 1.82) is 0 Å². The van der Waals surface area contributed by atoms with Crippen LogP contribution in [0.25, 0.3) is 0 Å². The van der Waals surface area contributed by atoms with E-state index in [0.717, 1.165) is 5.56 Å². The molecule has 2 aromatic rings. The summed E-state index contributed by atoms with van der Waals surface area (Å²) in [6.45, 7) is 1.84. The zero-order chi connectivity index (χ0) is 18.3. The summed E-state index contributed by atoms with van der Waals surface area (Å²) in [5.74, 6) is -0.497. The van der Waals surface area contributed by atoms with Crippen LogP contribution in [0.4, 0.5) is 5.69 Å². The molecule has 2 aliphatic rings. The number of methoxy groups -OCH3 is 1. The van der Waals surface area contributed by atoms with Gasteiger partial charge in [0.25, 0.3) is 0 Å². The average molecular weight is 352 g/mol. The first-order chi connectivity index (χ1) is 12.5. The van der Waals surface area contributed by atoms with Crippen molar-refractivity contribution >= 4 is 17.5 Å². The van der Waals surface area contributed by atoms with Gasteiger partial charge >= 0.3 is 0 Å². The van der Waals surface area contributed by atoms with E-state index in [0.29, 0.717) is 23.6 Å². The minimum atomic E-state index is -0.835.